The summed E-state index contributed by atoms with van der Waals surface area (Å²) in [7, 11) is 0. The molecule has 1 saturated heterocycles. The zero-order valence-electron chi connectivity index (χ0n) is 9.22. The third kappa shape index (κ3) is 1.57. The van der Waals surface area contributed by atoms with Gasteiger partial charge in [0.25, 0.3) is 0 Å². The van der Waals surface area contributed by atoms with Crippen molar-refractivity contribution >= 4 is 38.7 Å². The third-order valence-corrected chi connectivity index (χ3v) is 3.41. The third-order valence-electron chi connectivity index (χ3n) is 2.98. The van der Waals surface area contributed by atoms with Crippen LogP contribution in [-0.4, -0.2) is 27.6 Å². The molecular formula is C11H8BrN5O. The molecule has 2 aromatic heterocycles. The average molecular weight is 306 g/mol. The minimum atomic E-state index is -0.558. The highest BCUT2D eigenvalue weighted by molar-refractivity contribution is 9.10. The van der Waals surface area contributed by atoms with Crippen LogP contribution in [0.5, 0.6) is 0 Å². The molecule has 0 saturated carbocycles. The van der Waals surface area contributed by atoms with Crippen LogP contribution in [0.1, 0.15) is 6.42 Å². The lowest BCUT2D eigenvalue weighted by molar-refractivity contribution is -0.119. The highest BCUT2D eigenvalue weighted by Crippen LogP contribution is 2.30. The second kappa shape index (κ2) is 4.07. The number of carbonyl (C=O) groups is 1. The van der Waals surface area contributed by atoms with Gasteiger partial charge in [0, 0.05) is 17.2 Å². The molecule has 1 atom stereocenters. The first-order valence-corrected chi connectivity index (χ1v) is 6.20. The number of halogens is 1. The van der Waals surface area contributed by atoms with Crippen molar-refractivity contribution < 1.29 is 4.79 Å². The number of amides is 1. The molecule has 7 heteroatoms. The number of fused-ring (bicyclic) bond motifs is 1. The van der Waals surface area contributed by atoms with E-state index in [9.17, 15) is 4.79 Å². The molecule has 1 aliphatic heterocycles. The van der Waals surface area contributed by atoms with E-state index < -0.39 is 5.92 Å². The first-order valence-electron chi connectivity index (χ1n) is 5.41. The zero-order chi connectivity index (χ0) is 12.7. The minimum Gasteiger partial charge on any atom is -0.294 e. The van der Waals surface area contributed by atoms with Crippen molar-refractivity contribution in [2.45, 2.75) is 6.42 Å². The molecule has 1 unspecified atom stereocenters. The van der Waals surface area contributed by atoms with Gasteiger partial charge >= 0.3 is 0 Å². The van der Waals surface area contributed by atoms with E-state index >= 15 is 0 Å². The minimum absolute atomic E-state index is 0.189. The molecular weight excluding hydrogens is 298 g/mol. The number of hydrogen-bond acceptors (Lipinski definition) is 4. The van der Waals surface area contributed by atoms with Crippen molar-refractivity contribution in [2.24, 2.45) is 5.92 Å². The van der Waals surface area contributed by atoms with Crippen LogP contribution in [0.2, 0.25) is 0 Å². The van der Waals surface area contributed by atoms with Gasteiger partial charge in [-0.05, 0) is 28.4 Å². The Kier molecular flexibility index (Phi) is 2.52. The normalized spacial score (nSPS) is 19.4. The van der Waals surface area contributed by atoms with Crippen LogP contribution >= 0.6 is 15.9 Å². The highest BCUT2D eigenvalue weighted by atomic mass is 79.9. The largest absolute Gasteiger partial charge is 0.294 e. The van der Waals surface area contributed by atoms with Crippen molar-refractivity contribution in [3.8, 4) is 6.07 Å². The predicted octanol–water partition coefficient (Wildman–Crippen LogP) is 1.60. The van der Waals surface area contributed by atoms with Crippen molar-refractivity contribution in [1.82, 2.24) is 15.2 Å². The number of nitrogens with zero attached hydrogens (tertiary/aromatic N) is 4. The molecule has 3 heterocycles. The topological polar surface area (TPSA) is 85.7 Å². The van der Waals surface area contributed by atoms with Gasteiger partial charge in [-0.2, -0.15) is 10.4 Å². The van der Waals surface area contributed by atoms with Gasteiger partial charge in [-0.25, -0.2) is 4.98 Å². The Labute approximate surface area is 111 Å². The van der Waals surface area contributed by atoms with Gasteiger partial charge in [-0.1, -0.05) is 0 Å². The first kappa shape index (κ1) is 11.2. The molecule has 6 nitrogen and oxygen atoms in total. The summed E-state index contributed by atoms with van der Waals surface area (Å²) in [5, 5.41) is 16.5. The fraction of sp³-hybridized carbons (Fsp3) is 0.273. The van der Waals surface area contributed by atoms with E-state index in [1.807, 2.05) is 12.1 Å². The lowest BCUT2D eigenvalue weighted by atomic mass is 10.1. The predicted molar refractivity (Wildman–Crippen MR) is 67.7 cm³/mol. The average Bonchev–Trinajstić information content (AvgIpc) is 2.92. The Bertz CT molecular complexity index is 674. The Morgan fingerprint density at radius 3 is 3.17 bits per heavy atom. The Hall–Kier alpha value is -1.94. The Balaban J connectivity index is 2.08. The van der Waals surface area contributed by atoms with Crippen molar-refractivity contribution in [3.05, 3.63) is 16.7 Å². The summed E-state index contributed by atoms with van der Waals surface area (Å²) >= 11 is 3.34. The molecule has 1 N–H and O–H groups in total. The summed E-state index contributed by atoms with van der Waals surface area (Å²) in [6.07, 6.45) is 2.21. The fourth-order valence-corrected chi connectivity index (χ4v) is 2.41. The van der Waals surface area contributed by atoms with Crippen molar-refractivity contribution in [1.29, 1.82) is 5.26 Å². The summed E-state index contributed by atoms with van der Waals surface area (Å²) in [4.78, 5) is 17.7. The molecule has 0 bridgehead atoms. The number of hydrogen-bond donors (Lipinski definition) is 1. The monoisotopic (exact) mass is 305 g/mol. The maximum atomic E-state index is 12.0. The van der Waals surface area contributed by atoms with Crippen LogP contribution in [-0.2, 0) is 4.79 Å². The molecule has 18 heavy (non-hydrogen) atoms. The number of rotatable bonds is 1. The van der Waals surface area contributed by atoms with Crippen LogP contribution in [0.4, 0.5) is 5.82 Å². The number of pyridine rings is 1. The van der Waals surface area contributed by atoms with Crippen molar-refractivity contribution in [3.63, 3.8) is 0 Å². The number of H-pyrrole nitrogens is 1. The number of anilines is 1. The smallest absolute Gasteiger partial charge is 0.245 e. The number of aromatic nitrogens is 3. The van der Waals surface area contributed by atoms with Crippen LogP contribution in [0.25, 0.3) is 11.0 Å². The summed E-state index contributed by atoms with van der Waals surface area (Å²) in [5.41, 5.74) is 0.626. The molecule has 1 fully saturated rings. The van der Waals surface area contributed by atoms with Crippen molar-refractivity contribution in [2.75, 3.05) is 11.4 Å². The summed E-state index contributed by atoms with van der Waals surface area (Å²) in [6.45, 7) is 0.517. The van der Waals surface area contributed by atoms with Gasteiger partial charge in [0.2, 0.25) is 5.91 Å². The number of aromatic amines is 1. The summed E-state index contributed by atoms with van der Waals surface area (Å²) < 4.78 is 0.820. The fourth-order valence-electron chi connectivity index (χ4n) is 2.08. The maximum absolute atomic E-state index is 12.0. The molecule has 0 aliphatic carbocycles. The van der Waals surface area contributed by atoms with Crippen LogP contribution in [0.15, 0.2) is 16.7 Å². The van der Waals surface area contributed by atoms with Gasteiger partial charge in [-0.3, -0.25) is 14.8 Å². The second-order valence-corrected chi connectivity index (χ2v) is 4.97. The molecule has 0 radical (unpaired) electrons. The molecule has 0 spiro atoms. The zero-order valence-corrected chi connectivity index (χ0v) is 10.8. The van der Waals surface area contributed by atoms with Crippen LogP contribution in [0.3, 0.4) is 0 Å². The van der Waals surface area contributed by atoms with Gasteiger partial charge in [0.05, 0.1) is 11.5 Å². The SMILES string of the molecule is N#CC1CCN(c2n[nH]c3ncc(Br)cc23)C1=O. The lowest BCUT2D eigenvalue weighted by Crippen LogP contribution is -2.27. The van der Waals surface area contributed by atoms with E-state index in [1.165, 1.54) is 0 Å². The van der Waals surface area contributed by atoms with Crippen LogP contribution in [0, 0.1) is 17.2 Å². The first-order chi connectivity index (χ1) is 8.70. The molecule has 2 aromatic rings. The van der Waals surface area contributed by atoms with Gasteiger partial charge < -0.3 is 0 Å². The van der Waals surface area contributed by atoms with E-state index in [4.69, 9.17) is 5.26 Å². The van der Waals surface area contributed by atoms with Gasteiger partial charge in [0.1, 0.15) is 5.92 Å². The molecule has 0 aromatic carbocycles. The number of nitrogens with one attached hydrogen (secondary N) is 1. The van der Waals surface area contributed by atoms with E-state index in [-0.39, 0.29) is 5.91 Å². The number of carbonyl (C=O) groups excluding carboxylic acids is 1. The van der Waals surface area contributed by atoms with E-state index in [0.717, 1.165) is 9.86 Å². The Morgan fingerprint density at radius 2 is 2.44 bits per heavy atom. The molecule has 1 amide bonds. The quantitative estimate of drug-likeness (QED) is 0.867. The van der Waals surface area contributed by atoms with E-state index in [1.54, 1.807) is 11.1 Å². The van der Waals surface area contributed by atoms with Gasteiger partial charge in [-0.15, -0.1) is 0 Å². The summed E-state index contributed by atoms with van der Waals surface area (Å²) in [5.74, 6) is -0.204. The van der Waals surface area contributed by atoms with Gasteiger partial charge in [0.15, 0.2) is 11.5 Å². The maximum Gasteiger partial charge on any atom is 0.245 e. The Morgan fingerprint density at radius 1 is 1.61 bits per heavy atom. The highest BCUT2D eigenvalue weighted by Gasteiger charge is 2.34. The van der Waals surface area contributed by atoms with E-state index in [0.29, 0.717) is 24.4 Å². The van der Waals surface area contributed by atoms with Crippen LogP contribution < -0.4 is 4.90 Å². The lowest BCUT2D eigenvalue weighted by Gasteiger charge is -2.12. The summed E-state index contributed by atoms with van der Waals surface area (Å²) in [6, 6.07) is 3.87. The number of nitriles is 1. The molecule has 90 valence electrons. The molecule has 1 aliphatic rings. The standard InChI is InChI=1S/C11H8BrN5O/c12-7-3-8-9(14-5-7)15-16-10(8)17-2-1-6(4-13)11(17)18/h3,5-6H,1-2H2,(H,14,15,16). The molecule has 3 rings (SSSR count). The van der Waals surface area contributed by atoms with E-state index in [2.05, 4.69) is 31.1 Å². The second-order valence-electron chi connectivity index (χ2n) is 4.06.